The molecule has 0 aromatic carbocycles. The van der Waals surface area contributed by atoms with Gasteiger partial charge in [-0.3, -0.25) is 4.90 Å². The number of rotatable bonds is 3. The Labute approximate surface area is 84.4 Å². The molecule has 1 heterocycles. The van der Waals surface area contributed by atoms with Gasteiger partial charge in [-0.25, -0.2) is 4.79 Å². The molecule has 0 radical (unpaired) electrons. The van der Waals surface area contributed by atoms with Crippen molar-refractivity contribution >= 4 is 6.09 Å². The van der Waals surface area contributed by atoms with E-state index in [-0.39, 0.29) is 6.09 Å². The Hall–Kier alpha value is -0.810. The molecule has 1 atom stereocenters. The number of carbonyl (C=O) groups excluding carboxylic acids is 1. The fourth-order valence-electron chi connectivity index (χ4n) is 1.45. The lowest BCUT2D eigenvalue weighted by Gasteiger charge is -2.32. The number of hydrogen-bond donors (Lipinski definition) is 1. The largest absolute Gasteiger partial charge is 0.453 e. The van der Waals surface area contributed by atoms with Crippen molar-refractivity contribution in [2.45, 2.75) is 13.0 Å². The van der Waals surface area contributed by atoms with Crippen molar-refractivity contribution in [3.05, 3.63) is 0 Å². The number of methoxy groups -OCH3 is 1. The van der Waals surface area contributed by atoms with E-state index in [1.807, 2.05) is 0 Å². The molecule has 0 saturated carbocycles. The maximum Gasteiger partial charge on any atom is 0.406 e. The Balaban J connectivity index is 2.19. The average molecular weight is 202 g/mol. The lowest BCUT2D eigenvalue weighted by Crippen LogP contribution is -2.47. The summed E-state index contributed by atoms with van der Waals surface area (Å²) in [7, 11) is 1.37. The monoisotopic (exact) mass is 202 g/mol. The Bertz CT molecular complexity index is 181. The molecule has 1 fully saturated rings. The van der Waals surface area contributed by atoms with Crippen molar-refractivity contribution in [1.29, 1.82) is 0 Å². The Morgan fingerprint density at radius 3 is 2.79 bits per heavy atom. The molecule has 5 nitrogen and oxygen atoms in total. The van der Waals surface area contributed by atoms with Crippen LogP contribution in [0.15, 0.2) is 0 Å². The molecule has 82 valence electrons. The van der Waals surface area contributed by atoms with E-state index < -0.39 is 0 Å². The zero-order chi connectivity index (χ0) is 10.4. The summed E-state index contributed by atoms with van der Waals surface area (Å²) < 4.78 is 9.74. The number of hydrogen-bond acceptors (Lipinski definition) is 4. The van der Waals surface area contributed by atoms with Crippen LogP contribution in [0, 0.1) is 0 Å². The average Bonchev–Trinajstić information content (AvgIpc) is 2.26. The van der Waals surface area contributed by atoms with Gasteiger partial charge in [0.25, 0.3) is 0 Å². The van der Waals surface area contributed by atoms with Crippen molar-refractivity contribution in [1.82, 2.24) is 10.2 Å². The van der Waals surface area contributed by atoms with Gasteiger partial charge in [0, 0.05) is 25.7 Å². The Morgan fingerprint density at radius 2 is 2.21 bits per heavy atom. The minimum absolute atomic E-state index is 0.331. The van der Waals surface area contributed by atoms with Crippen LogP contribution in [0.25, 0.3) is 0 Å². The predicted octanol–water partition coefficient (Wildman–Crippen LogP) is 0.0631. The number of nitrogens with zero attached hydrogens (tertiary/aromatic N) is 1. The lowest BCUT2D eigenvalue weighted by atomic mass is 10.2. The zero-order valence-electron chi connectivity index (χ0n) is 8.78. The summed E-state index contributed by atoms with van der Waals surface area (Å²) in [5.41, 5.74) is 0. The second kappa shape index (κ2) is 5.82. The predicted molar refractivity (Wildman–Crippen MR) is 52.3 cm³/mol. The number of amides is 1. The summed E-state index contributed by atoms with van der Waals surface area (Å²) >= 11 is 0. The topological polar surface area (TPSA) is 50.8 Å². The quantitative estimate of drug-likeness (QED) is 0.703. The van der Waals surface area contributed by atoms with Crippen LogP contribution >= 0.6 is 0 Å². The van der Waals surface area contributed by atoms with Crippen LogP contribution in [0.5, 0.6) is 0 Å². The van der Waals surface area contributed by atoms with E-state index in [4.69, 9.17) is 4.74 Å². The molecule has 1 aliphatic rings. The lowest BCUT2D eigenvalue weighted by molar-refractivity contribution is 0.0204. The van der Waals surface area contributed by atoms with Crippen molar-refractivity contribution in [3.8, 4) is 0 Å². The molecule has 1 unspecified atom stereocenters. The summed E-state index contributed by atoms with van der Waals surface area (Å²) in [6, 6.07) is 0.331. The van der Waals surface area contributed by atoms with Gasteiger partial charge >= 0.3 is 6.09 Å². The Morgan fingerprint density at radius 1 is 1.57 bits per heavy atom. The van der Waals surface area contributed by atoms with Crippen LogP contribution in [0.3, 0.4) is 0 Å². The van der Waals surface area contributed by atoms with Gasteiger partial charge in [0.05, 0.1) is 20.3 Å². The maximum absolute atomic E-state index is 10.8. The molecular weight excluding hydrogens is 184 g/mol. The number of nitrogens with one attached hydrogen (secondary N) is 1. The van der Waals surface area contributed by atoms with Crippen molar-refractivity contribution in [2.75, 3.05) is 40.0 Å². The van der Waals surface area contributed by atoms with E-state index in [2.05, 4.69) is 21.9 Å². The molecule has 14 heavy (non-hydrogen) atoms. The molecule has 1 rings (SSSR count). The molecule has 1 saturated heterocycles. The number of morpholine rings is 1. The van der Waals surface area contributed by atoms with E-state index in [9.17, 15) is 4.79 Å². The van der Waals surface area contributed by atoms with Crippen LogP contribution in [0.4, 0.5) is 4.79 Å². The van der Waals surface area contributed by atoms with Gasteiger partial charge < -0.3 is 14.8 Å². The van der Waals surface area contributed by atoms with Gasteiger partial charge in [-0.05, 0) is 6.92 Å². The molecular formula is C9H18N2O3. The van der Waals surface area contributed by atoms with Crippen LogP contribution < -0.4 is 5.32 Å². The van der Waals surface area contributed by atoms with Gasteiger partial charge in [-0.1, -0.05) is 0 Å². The van der Waals surface area contributed by atoms with E-state index in [1.54, 1.807) is 0 Å². The van der Waals surface area contributed by atoms with Crippen molar-refractivity contribution in [3.63, 3.8) is 0 Å². The summed E-state index contributed by atoms with van der Waals surface area (Å²) in [4.78, 5) is 13.1. The second-order valence-corrected chi connectivity index (χ2v) is 3.37. The van der Waals surface area contributed by atoms with Gasteiger partial charge in [0.2, 0.25) is 0 Å². The van der Waals surface area contributed by atoms with E-state index in [0.717, 1.165) is 26.3 Å². The molecule has 1 aliphatic heterocycles. The van der Waals surface area contributed by atoms with Crippen LogP contribution in [0.2, 0.25) is 0 Å². The van der Waals surface area contributed by atoms with E-state index >= 15 is 0 Å². The minimum atomic E-state index is -0.370. The van der Waals surface area contributed by atoms with E-state index in [0.29, 0.717) is 12.6 Å². The number of ether oxygens (including phenoxy) is 2. The highest BCUT2D eigenvalue weighted by Gasteiger charge is 2.17. The first-order chi connectivity index (χ1) is 6.74. The maximum atomic E-state index is 10.8. The molecule has 0 spiro atoms. The van der Waals surface area contributed by atoms with Gasteiger partial charge in [0.1, 0.15) is 0 Å². The van der Waals surface area contributed by atoms with Crippen LogP contribution in [-0.4, -0.2) is 57.0 Å². The third-order valence-electron chi connectivity index (χ3n) is 2.40. The molecule has 0 aliphatic carbocycles. The summed E-state index contributed by atoms with van der Waals surface area (Å²) in [6.07, 6.45) is -0.370. The summed E-state index contributed by atoms with van der Waals surface area (Å²) in [5, 5.41) is 2.69. The zero-order valence-corrected chi connectivity index (χ0v) is 8.78. The summed E-state index contributed by atoms with van der Waals surface area (Å²) in [6.45, 7) is 6.13. The second-order valence-electron chi connectivity index (χ2n) is 3.37. The highest BCUT2D eigenvalue weighted by atomic mass is 16.5. The molecule has 0 aromatic rings. The molecule has 0 bridgehead atoms. The molecule has 5 heteroatoms. The normalized spacial score (nSPS) is 20.1. The first-order valence-electron chi connectivity index (χ1n) is 4.87. The SMILES string of the molecule is COC(=O)NCC(C)N1CCOCC1. The first-order valence-corrected chi connectivity index (χ1v) is 4.87. The third-order valence-corrected chi connectivity index (χ3v) is 2.40. The highest BCUT2D eigenvalue weighted by Crippen LogP contribution is 2.02. The Kier molecular flexibility index (Phi) is 4.69. The molecule has 1 N–H and O–H groups in total. The minimum Gasteiger partial charge on any atom is -0.453 e. The summed E-state index contributed by atoms with van der Waals surface area (Å²) in [5.74, 6) is 0. The van der Waals surface area contributed by atoms with Crippen molar-refractivity contribution < 1.29 is 14.3 Å². The molecule has 1 amide bonds. The number of alkyl carbamates (subject to hydrolysis) is 1. The van der Waals surface area contributed by atoms with Crippen molar-refractivity contribution in [2.24, 2.45) is 0 Å². The fourth-order valence-corrected chi connectivity index (χ4v) is 1.45. The van der Waals surface area contributed by atoms with Gasteiger partial charge in [0.15, 0.2) is 0 Å². The van der Waals surface area contributed by atoms with Crippen LogP contribution in [-0.2, 0) is 9.47 Å². The third kappa shape index (κ3) is 3.51. The fraction of sp³-hybridized carbons (Fsp3) is 0.889. The van der Waals surface area contributed by atoms with E-state index in [1.165, 1.54) is 7.11 Å². The highest BCUT2D eigenvalue weighted by molar-refractivity contribution is 5.66. The van der Waals surface area contributed by atoms with Crippen LogP contribution in [0.1, 0.15) is 6.92 Å². The van der Waals surface area contributed by atoms with Gasteiger partial charge in [-0.2, -0.15) is 0 Å². The smallest absolute Gasteiger partial charge is 0.406 e. The van der Waals surface area contributed by atoms with Gasteiger partial charge in [-0.15, -0.1) is 0 Å². The number of carbonyl (C=O) groups is 1. The standard InChI is InChI=1S/C9H18N2O3/c1-8(7-10-9(12)13-2)11-3-5-14-6-4-11/h8H,3-7H2,1-2H3,(H,10,12). The molecule has 0 aromatic heterocycles. The first kappa shape index (κ1) is 11.3.